The quantitative estimate of drug-likeness (QED) is 0.0466. The van der Waals surface area contributed by atoms with Crippen LogP contribution in [-0.4, -0.2) is 70.9 Å². The zero-order valence-electron chi connectivity index (χ0n) is 83.6. The molecule has 0 saturated heterocycles. The van der Waals surface area contributed by atoms with Gasteiger partial charge >= 0.3 is 29.8 Å². The van der Waals surface area contributed by atoms with E-state index in [0.29, 0.717) is 29.8 Å². The normalized spacial score (nSPS) is 38.4. The monoisotopic (exact) mass is 1840 g/mol. The first-order valence-electron chi connectivity index (χ1n) is 52.0. The third-order valence-electron chi connectivity index (χ3n) is 38.2. The van der Waals surface area contributed by atoms with Crippen LogP contribution in [0.5, 0.6) is 0 Å². The van der Waals surface area contributed by atoms with Crippen LogP contribution in [0.4, 0.5) is 0 Å². The van der Waals surface area contributed by atoms with Crippen LogP contribution < -0.4 is 0 Å². The summed E-state index contributed by atoms with van der Waals surface area (Å²) in [7, 11) is 0. The van der Waals surface area contributed by atoms with E-state index in [0.717, 1.165) is 180 Å². The van der Waals surface area contributed by atoms with Gasteiger partial charge in [-0.25, -0.2) is 0 Å². The molecule has 0 aromatic heterocycles. The van der Waals surface area contributed by atoms with Crippen LogP contribution in [0.3, 0.4) is 0 Å². The van der Waals surface area contributed by atoms with Crippen LogP contribution in [-0.2, 0) is 57.1 Å². The molecule has 0 heterocycles. The summed E-state index contributed by atoms with van der Waals surface area (Å²) >= 11 is 0. The van der Waals surface area contributed by atoms with E-state index in [-0.39, 0.29) is 143 Å². The fourth-order valence-electron chi connectivity index (χ4n) is 31.6. The molecule has 12 nitrogen and oxygen atoms in total. The van der Waals surface area contributed by atoms with Crippen LogP contribution in [0.15, 0.2) is 0 Å². The van der Waals surface area contributed by atoms with Crippen molar-refractivity contribution in [3.63, 3.8) is 0 Å². The largest absolute Gasteiger partial charge is 0.459 e. The Labute approximate surface area is 810 Å². The zero-order valence-corrected chi connectivity index (χ0v) is 83.6. The lowest BCUT2D eigenvalue weighted by atomic mass is 9.32. The highest BCUT2D eigenvalue weighted by atomic mass is 16.7. The summed E-state index contributed by atoms with van der Waals surface area (Å²) in [6.45, 7) is 65.0. The van der Waals surface area contributed by atoms with Crippen molar-refractivity contribution in [2.24, 2.45) is 199 Å². The first-order valence-corrected chi connectivity index (χ1v) is 52.0. The molecule has 0 radical (unpaired) electrons. The molecule has 22 unspecified atom stereocenters. The zero-order chi connectivity index (χ0) is 89.0. The van der Waals surface area contributed by atoms with Gasteiger partial charge in [0.2, 0.25) is 6.29 Å². The predicted molar refractivity (Wildman–Crippen MR) is 556 cm³/mol. The van der Waals surface area contributed by atoms with Crippen LogP contribution >= 0.6 is 0 Å². The van der Waals surface area contributed by atoms with E-state index in [1.807, 2.05) is 173 Å². The Morgan fingerprint density at radius 1 is 0.315 bits per heavy atom. The van der Waals surface area contributed by atoms with Crippen molar-refractivity contribution in [3.05, 3.63) is 0 Å². The molecular formula is C118H228O12. The van der Waals surface area contributed by atoms with Crippen molar-refractivity contribution >= 4 is 29.8 Å². The van der Waals surface area contributed by atoms with Gasteiger partial charge in [0.15, 0.2) is 6.29 Å². The molecule has 26 bridgehead atoms. The minimum absolute atomic E-state index is 0. The predicted octanol–water partition coefficient (Wildman–Crippen LogP) is 34.4. The van der Waals surface area contributed by atoms with Crippen molar-refractivity contribution in [1.29, 1.82) is 0 Å². The first-order chi connectivity index (χ1) is 56.6. The summed E-state index contributed by atoms with van der Waals surface area (Å²) in [5.74, 6) is 25.5. The van der Waals surface area contributed by atoms with E-state index in [9.17, 15) is 24.0 Å². The van der Waals surface area contributed by atoms with Crippen molar-refractivity contribution in [1.82, 2.24) is 0 Å². The molecule has 0 aromatic carbocycles. The fourth-order valence-corrected chi connectivity index (χ4v) is 31.6. The average Bonchev–Trinajstić information content (AvgIpc) is 0.834. The maximum absolute atomic E-state index is 12.9. The molecule has 0 amide bonds. The van der Waals surface area contributed by atoms with Gasteiger partial charge in [0.1, 0.15) is 16.8 Å². The lowest BCUT2D eigenvalue weighted by Gasteiger charge is -2.74. The van der Waals surface area contributed by atoms with Crippen molar-refractivity contribution in [2.45, 2.75) is 530 Å². The number of rotatable bonds is 21. The third kappa shape index (κ3) is 24.8. The first kappa shape index (κ1) is 127. The van der Waals surface area contributed by atoms with Crippen molar-refractivity contribution in [3.8, 4) is 0 Å². The van der Waals surface area contributed by atoms with Crippen LogP contribution in [0, 0.1) is 199 Å². The highest BCUT2D eigenvalue weighted by Gasteiger charge is 2.73. The molecular weight excluding hydrogens is 1610 g/mol. The summed E-state index contributed by atoms with van der Waals surface area (Å²) in [6.07, 6.45) is 38.2. The standard InChI is InChI=1S/C23H36O2.C21H32O2.C20H32O3.C18H30O3.C16H28O2.5C2H6.10CH4/c1-6-22(2,3)21(24)25-23(4,5)20-13-10-15-14-7-12-8-17(15)19(20)18(9-12)16(14)11-13;1-5-20(2,3)19(22)23-21(4)12-9-14-13-6-11-7-16(14)18(21)17(8-11)15(13)10-12;1-5-20(3,4)19(21)23-11(2)22-16-10-14-9-15(16)18-13-7-6-12(8-13)17(14)18;1-5-17(3,4)16(19)20-12(2)21-18-9-13-6-14(10-18)8-15(7-13)11-18;1-6-15(2,3)14(17)18-16(4,5)13-10-11-7-8-12(13)9-11;5*1-2;;;;;;;;;;/h12-20H,6-11H2,1-5H3;2*11-18H,5-10H2,1-4H3;12-15H,5-11H2,1-4H3;11-13H,6-10H2,1-5H3;5*1-2H3;10*1H4. The second-order valence-electron chi connectivity index (χ2n) is 47.1. The van der Waals surface area contributed by atoms with Gasteiger partial charge in [-0.2, -0.15) is 0 Å². The van der Waals surface area contributed by atoms with Gasteiger partial charge < -0.3 is 33.2 Å². The van der Waals surface area contributed by atoms with Gasteiger partial charge in [-0.1, -0.05) is 185 Å². The molecule has 130 heavy (non-hydrogen) atoms. The molecule has 772 valence electrons. The van der Waals surface area contributed by atoms with E-state index in [1.165, 1.54) is 154 Å². The number of fused-ring (bicyclic) bond motifs is 11. The van der Waals surface area contributed by atoms with E-state index in [1.54, 1.807) is 6.42 Å². The molecule has 24 aliphatic carbocycles. The molecule has 24 rings (SSSR count). The lowest BCUT2D eigenvalue weighted by molar-refractivity contribution is -0.291. The summed E-state index contributed by atoms with van der Waals surface area (Å²) in [6, 6.07) is 0. The Kier molecular flexibility index (Phi) is 48.9. The number of carbonyl (C=O) groups excluding carboxylic acids is 5. The Morgan fingerprint density at radius 2 is 0.669 bits per heavy atom. The summed E-state index contributed by atoms with van der Waals surface area (Å²) in [5, 5.41) is 0. The summed E-state index contributed by atoms with van der Waals surface area (Å²) < 4.78 is 42.3. The van der Waals surface area contributed by atoms with E-state index in [2.05, 4.69) is 48.5 Å². The molecule has 24 saturated carbocycles. The van der Waals surface area contributed by atoms with Gasteiger partial charge in [-0.05, 0) is 458 Å². The van der Waals surface area contributed by atoms with E-state index >= 15 is 0 Å². The molecule has 0 N–H and O–H groups in total. The molecule has 12 heteroatoms. The highest BCUT2D eigenvalue weighted by molar-refractivity contribution is 5.78. The number of carbonyl (C=O) groups is 5. The molecule has 24 fully saturated rings. The Bertz CT molecular complexity index is 3290. The number of esters is 5. The average molecular weight is 1840 g/mol. The maximum atomic E-state index is 12.9. The van der Waals surface area contributed by atoms with Gasteiger partial charge in [0.05, 0.1) is 38.8 Å². The van der Waals surface area contributed by atoms with Gasteiger partial charge in [0.25, 0.3) is 0 Å². The molecule has 0 aromatic rings. The van der Waals surface area contributed by atoms with Crippen LogP contribution in [0.1, 0.15) is 488 Å². The Balaban J connectivity index is 0.00000154. The minimum atomic E-state index is -0.418. The van der Waals surface area contributed by atoms with Crippen molar-refractivity contribution in [2.75, 3.05) is 0 Å². The third-order valence-corrected chi connectivity index (χ3v) is 38.2. The number of hydrogen-bond acceptors (Lipinski definition) is 12. The van der Waals surface area contributed by atoms with Crippen molar-refractivity contribution < 1.29 is 57.1 Å². The maximum Gasteiger partial charge on any atom is 0.313 e. The second kappa shape index (κ2) is 49.9. The fraction of sp³-hybridized carbons (Fsp3) is 0.958. The molecule has 0 spiro atoms. The topological polar surface area (TPSA) is 150 Å². The van der Waals surface area contributed by atoms with E-state index in [4.69, 9.17) is 33.2 Å². The molecule has 0 aliphatic heterocycles. The number of hydrogen-bond donors (Lipinski definition) is 0. The Morgan fingerprint density at radius 3 is 1.08 bits per heavy atom. The van der Waals surface area contributed by atoms with Crippen LogP contribution in [0.25, 0.3) is 0 Å². The van der Waals surface area contributed by atoms with Crippen LogP contribution in [0.2, 0.25) is 0 Å². The summed E-state index contributed by atoms with van der Waals surface area (Å²) in [5.41, 5.74) is -2.64. The van der Waals surface area contributed by atoms with Gasteiger partial charge in [0, 0.05) is 17.8 Å². The SMILES string of the molecule is C.C.C.C.C.C.C.C.C.C.CC.CC.CC.CC.CC.CCC(C)(C)C(=O)OC(C)(C)C1C2CC3C4CC5CC3C1C(C5)C4C2.CCC(C)(C)C(=O)OC(C)(C)C1CC2CCC1C2.CCC(C)(C)C(=O)OC(C)OC12CC3CC(CC(C3)C1)C2.CCC(C)(C)C(=O)OC(C)OC1CC2CC1C1C3CCC(C3)C21.CCC(C)(C)C(=O)OC1(C)C2CC3C4CC5CC3C1C(C5)C4C2. The summed E-state index contributed by atoms with van der Waals surface area (Å²) in [4.78, 5) is 62.4. The molecule has 24 aliphatic rings. The second-order valence-corrected chi connectivity index (χ2v) is 47.1. The minimum Gasteiger partial charge on any atom is -0.459 e. The van der Waals surface area contributed by atoms with Gasteiger partial charge in [-0.15, -0.1) is 0 Å². The highest BCUT2D eigenvalue weighted by Crippen LogP contribution is 2.77. The molecule has 22 atom stereocenters. The van der Waals surface area contributed by atoms with Gasteiger partial charge in [-0.3, -0.25) is 24.0 Å². The lowest BCUT2D eigenvalue weighted by Crippen LogP contribution is -2.72. The smallest absolute Gasteiger partial charge is 0.313 e. The van der Waals surface area contributed by atoms with E-state index < -0.39 is 23.4 Å². The Hall–Kier alpha value is -2.73. The number of ether oxygens (including phenoxy) is 7.